The third-order valence-corrected chi connectivity index (χ3v) is 3.53. The number of rotatable bonds is 3. The highest BCUT2D eigenvalue weighted by molar-refractivity contribution is 5.89. The smallest absolute Gasteiger partial charge is 0.249 e. The summed E-state index contributed by atoms with van der Waals surface area (Å²) in [4.78, 5) is 11.7. The maximum absolute atomic E-state index is 11.7. The van der Waals surface area contributed by atoms with Gasteiger partial charge in [0.1, 0.15) is 0 Å². The van der Waals surface area contributed by atoms with E-state index in [0.29, 0.717) is 5.92 Å². The van der Waals surface area contributed by atoms with Crippen molar-refractivity contribution in [1.29, 1.82) is 0 Å². The van der Waals surface area contributed by atoms with Crippen LogP contribution in [0, 0.1) is 11.3 Å². The van der Waals surface area contributed by atoms with Gasteiger partial charge in [0.15, 0.2) is 0 Å². The first-order valence-electron chi connectivity index (χ1n) is 6.78. The molecular weight excluding hydrogens is 236 g/mol. The average Bonchev–Trinajstić information content (AvgIpc) is 2.58. The maximum atomic E-state index is 11.7. The zero-order valence-electron chi connectivity index (χ0n) is 12.1. The summed E-state index contributed by atoms with van der Waals surface area (Å²) >= 11 is 0. The van der Waals surface area contributed by atoms with E-state index in [1.54, 1.807) is 0 Å². The van der Waals surface area contributed by atoms with Gasteiger partial charge in [-0.1, -0.05) is 38.1 Å². The molecule has 1 aromatic carbocycles. The Morgan fingerprint density at radius 1 is 1.21 bits per heavy atom. The van der Waals surface area contributed by atoms with E-state index in [1.807, 2.05) is 19.9 Å². The van der Waals surface area contributed by atoms with Gasteiger partial charge in [-0.3, -0.25) is 10.2 Å². The van der Waals surface area contributed by atoms with E-state index in [0.717, 1.165) is 12.1 Å². The van der Waals surface area contributed by atoms with Crippen LogP contribution in [0.15, 0.2) is 30.0 Å². The van der Waals surface area contributed by atoms with Gasteiger partial charge in [0.05, 0.1) is 5.41 Å². The quantitative estimate of drug-likeness (QED) is 0.875. The normalized spacial score (nSPS) is 19.6. The van der Waals surface area contributed by atoms with E-state index in [9.17, 15) is 4.79 Å². The first kappa shape index (κ1) is 13.7. The Morgan fingerprint density at radius 2 is 1.89 bits per heavy atom. The predicted molar refractivity (Wildman–Crippen MR) is 78.0 cm³/mol. The van der Waals surface area contributed by atoms with Crippen molar-refractivity contribution in [1.82, 2.24) is 10.9 Å². The second-order valence-corrected chi connectivity index (χ2v) is 6.06. The molecule has 1 amide bonds. The molecule has 2 rings (SSSR count). The Labute approximate surface area is 115 Å². The zero-order chi connectivity index (χ0) is 14.0. The van der Waals surface area contributed by atoms with Crippen LogP contribution < -0.4 is 10.9 Å². The van der Waals surface area contributed by atoms with Gasteiger partial charge < -0.3 is 5.43 Å². The number of nitrogens with one attached hydrogen (secondary N) is 2. The van der Waals surface area contributed by atoms with Crippen LogP contribution in [0.2, 0.25) is 0 Å². The fourth-order valence-electron chi connectivity index (χ4n) is 2.23. The molecule has 1 saturated heterocycles. The number of hydrogen-bond acceptors (Lipinski definition) is 2. The first-order chi connectivity index (χ1) is 8.91. The van der Waals surface area contributed by atoms with Crippen LogP contribution >= 0.6 is 0 Å². The molecule has 0 radical (unpaired) electrons. The lowest BCUT2D eigenvalue weighted by Gasteiger charge is -2.15. The molecule has 19 heavy (non-hydrogen) atoms. The maximum Gasteiger partial charge on any atom is 0.249 e. The molecule has 1 heterocycles. The summed E-state index contributed by atoms with van der Waals surface area (Å²) in [5.74, 6) is 0.629. The van der Waals surface area contributed by atoms with Gasteiger partial charge in [-0.25, -0.2) is 0 Å². The fraction of sp³-hybridized carbons (Fsp3) is 0.438. The van der Waals surface area contributed by atoms with E-state index in [-0.39, 0.29) is 5.91 Å². The molecule has 102 valence electrons. The van der Waals surface area contributed by atoms with Crippen LogP contribution in [0.4, 0.5) is 0 Å². The van der Waals surface area contributed by atoms with Gasteiger partial charge in [-0.2, -0.15) is 0 Å². The van der Waals surface area contributed by atoms with E-state index >= 15 is 0 Å². The van der Waals surface area contributed by atoms with E-state index in [4.69, 9.17) is 0 Å². The summed E-state index contributed by atoms with van der Waals surface area (Å²) < 4.78 is 0. The molecule has 1 aromatic rings. The van der Waals surface area contributed by atoms with Crippen molar-refractivity contribution >= 4 is 12.0 Å². The lowest BCUT2D eigenvalue weighted by atomic mass is 9.88. The Morgan fingerprint density at radius 3 is 2.47 bits per heavy atom. The lowest BCUT2D eigenvalue weighted by molar-refractivity contribution is -0.125. The SMILES string of the molecule is CC(C)Cc1ccccc1/C=C1\NNC(=O)C1(C)C. The molecule has 3 nitrogen and oxygen atoms in total. The van der Waals surface area contributed by atoms with Crippen molar-refractivity contribution in [3.8, 4) is 0 Å². The molecule has 1 fully saturated rings. The number of carbonyl (C=O) groups excluding carboxylic acids is 1. The molecule has 0 atom stereocenters. The third kappa shape index (κ3) is 2.80. The van der Waals surface area contributed by atoms with E-state index < -0.39 is 5.41 Å². The Bertz CT molecular complexity index is 515. The monoisotopic (exact) mass is 258 g/mol. The standard InChI is InChI=1S/C16H22N2O/c1-11(2)9-12-7-5-6-8-13(12)10-14-16(3,4)15(19)18-17-14/h5-8,10-11,17H,9H2,1-4H3,(H,18,19)/b14-10-. The first-order valence-corrected chi connectivity index (χ1v) is 6.78. The molecular formula is C16H22N2O. The summed E-state index contributed by atoms with van der Waals surface area (Å²) in [5, 5.41) is 0. The molecule has 0 saturated carbocycles. The van der Waals surface area contributed by atoms with E-state index in [1.165, 1.54) is 11.1 Å². The topological polar surface area (TPSA) is 41.1 Å². The minimum Gasteiger partial charge on any atom is -0.302 e. The number of hydrazine groups is 1. The van der Waals surface area contributed by atoms with Crippen LogP contribution in [0.1, 0.15) is 38.8 Å². The lowest BCUT2D eigenvalue weighted by Crippen LogP contribution is -2.28. The second-order valence-electron chi connectivity index (χ2n) is 6.06. The minimum atomic E-state index is -0.495. The Balaban J connectivity index is 2.36. The summed E-state index contributed by atoms with van der Waals surface area (Å²) in [6.45, 7) is 8.29. The van der Waals surface area contributed by atoms with Crippen molar-refractivity contribution in [2.45, 2.75) is 34.1 Å². The van der Waals surface area contributed by atoms with Crippen molar-refractivity contribution in [2.24, 2.45) is 11.3 Å². The van der Waals surface area contributed by atoms with E-state index in [2.05, 4.69) is 49.0 Å². The van der Waals surface area contributed by atoms with Gasteiger partial charge in [-0.15, -0.1) is 0 Å². The highest BCUT2D eigenvalue weighted by Crippen LogP contribution is 2.30. The van der Waals surface area contributed by atoms with Gasteiger partial charge in [0, 0.05) is 5.70 Å². The van der Waals surface area contributed by atoms with Crippen LogP contribution in [0.5, 0.6) is 0 Å². The molecule has 3 heteroatoms. The number of carbonyl (C=O) groups is 1. The second kappa shape index (κ2) is 5.08. The van der Waals surface area contributed by atoms with Gasteiger partial charge in [-0.05, 0) is 43.4 Å². The summed E-state index contributed by atoms with van der Waals surface area (Å²) in [5.41, 5.74) is 8.60. The molecule has 0 spiro atoms. The average molecular weight is 258 g/mol. The molecule has 1 aliphatic heterocycles. The van der Waals surface area contributed by atoms with Crippen molar-refractivity contribution in [3.05, 3.63) is 41.1 Å². The van der Waals surface area contributed by atoms with Gasteiger partial charge >= 0.3 is 0 Å². The summed E-state index contributed by atoms with van der Waals surface area (Å²) in [6.07, 6.45) is 3.12. The molecule has 0 aromatic heterocycles. The predicted octanol–water partition coefficient (Wildman–Crippen LogP) is 2.89. The largest absolute Gasteiger partial charge is 0.302 e. The highest BCUT2D eigenvalue weighted by Gasteiger charge is 2.37. The fourth-order valence-corrected chi connectivity index (χ4v) is 2.23. The molecule has 0 bridgehead atoms. The van der Waals surface area contributed by atoms with Gasteiger partial charge in [0.25, 0.3) is 0 Å². The third-order valence-electron chi connectivity index (χ3n) is 3.53. The molecule has 2 N–H and O–H groups in total. The van der Waals surface area contributed by atoms with Crippen LogP contribution in [-0.2, 0) is 11.2 Å². The molecule has 0 unspecified atom stereocenters. The van der Waals surface area contributed by atoms with Crippen molar-refractivity contribution in [2.75, 3.05) is 0 Å². The van der Waals surface area contributed by atoms with Crippen LogP contribution in [-0.4, -0.2) is 5.91 Å². The van der Waals surface area contributed by atoms with Crippen LogP contribution in [0.3, 0.4) is 0 Å². The van der Waals surface area contributed by atoms with Gasteiger partial charge in [0.2, 0.25) is 5.91 Å². The number of amides is 1. The summed E-state index contributed by atoms with van der Waals surface area (Å²) in [6, 6.07) is 8.36. The number of hydrogen-bond donors (Lipinski definition) is 2. The summed E-state index contributed by atoms with van der Waals surface area (Å²) in [7, 11) is 0. The number of benzene rings is 1. The highest BCUT2D eigenvalue weighted by atomic mass is 16.2. The Kier molecular flexibility index (Phi) is 3.65. The zero-order valence-corrected chi connectivity index (χ0v) is 12.1. The minimum absolute atomic E-state index is 0.0140. The molecule has 0 aliphatic carbocycles. The van der Waals surface area contributed by atoms with Crippen molar-refractivity contribution in [3.63, 3.8) is 0 Å². The van der Waals surface area contributed by atoms with Crippen molar-refractivity contribution < 1.29 is 4.79 Å². The van der Waals surface area contributed by atoms with Crippen LogP contribution in [0.25, 0.3) is 6.08 Å². The molecule has 1 aliphatic rings. The Hall–Kier alpha value is -1.77.